The van der Waals surface area contributed by atoms with E-state index in [-0.39, 0.29) is 11.4 Å². The Morgan fingerprint density at radius 1 is 1.04 bits per heavy atom. The second-order valence-corrected chi connectivity index (χ2v) is 6.37. The van der Waals surface area contributed by atoms with E-state index in [0.29, 0.717) is 6.42 Å². The van der Waals surface area contributed by atoms with Crippen LogP contribution in [0.4, 0.5) is 0 Å². The summed E-state index contributed by atoms with van der Waals surface area (Å²) in [7, 11) is 0. The van der Waals surface area contributed by atoms with Gasteiger partial charge in [-0.2, -0.15) is 0 Å². The second-order valence-electron chi connectivity index (χ2n) is 6.37. The molecule has 0 spiro atoms. The predicted molar refractivity (Wildman–Crippen MR) is 101 cm³/mol. The number of rotatable bonds is 9. The molecule has 0 aliphatic carbocycles. The van der Waals surface area contributed by atoms with Crippen molar-refractivity contribution >= 4 is 17.7 Å². The van der Waals surface area contributed by atoms with Gasteiger partial charge < -0.3 is 9.84 Å². The first kappa shape index (κ1) is 20.1. The highest BCUT2D eigenvalue weighted by Crippen LogP contribution is 2.23. The van der Waals surface area contributed by atoms with Crippen LogP contribution in [0.2, 0.25) is 0 Å². The van der Waals surface area contributed by atoms with Crippen LogP contribution in [0.1, 0.15) is 29.0 Å². The molecule has 2 aromatic rings. The van der Waals surface area contributed by atoms with Gasteiger partial charge in [0.05, 0.1) is 12.3 Å². The zero-order valence-corrected chi connectivity index (χ0v) is 15.2. The number of ketones is 1. The number of carboxylic acid groups (broad SMARTS) is 1. The molecule has 1 N–H and O–H groups in total. The molecule has 5 heteroatoms. The first-order valence-electron chi connectivity index (χ1n) is 8.56. The van der Waals surface area contributed by atoms with Crippen molar-refractivity contribution in [2.75, 3.05) is 6.61 Å². The number of hydrogen-bond donors (Lipinski definition) is 1. The third kappa shape index (κ3) is 6.22. The highest BCUT2D eigenvalue weighted by Gasteiger charge is 2.23. The van der Waals surface area contributed by atoms with E-state index < -0.39 is 30.9 Å². The summed E-state index contributed by atoms with van der Waals surface area (Å²) < 4.78 is 4.97. The van der Waals surface area contributed by atoms with Gasteiger partial charge in [-0.3, -0.25) is 9.59 Å². The maximum Gasteiger partial charge on any atom is 0.334 e. The first-order chi connectivity index (χ1) is 12.9. The molecule has 0 aliphatic heterocycles. The number of aliphatic carboxylic acids is 1. The van der Waals surface area contributed by atoms with E-state index in [9.17, 15) is 14.4 Å². The zero-order chi connectivity index (χ0) is 19.8. The van der Waals surface area contributed by atoms with Gasteiger partial charge in [-0.15, -0.1) is 0 Å². The van der Waals surface area contributed by atoms with E-state index in [4.69, 9.17) is 9.84 Å². The predicted octanol–water partition coefficient (Wildman–Crippen LogP) is 3.46. The largest absolute Gasteiger partial charge is 0.481 e. The normalized spacial score (nSPS) is 11.4. The van der Waals surface area contributed by atoms with E-state index in [0.717, 1.165) is 16.7 Å². The van der Waals surface area contributed by atoms with Crippen LogP contribution < -0.4 is 0 Å². The number of benzene rings is 2. The number of ether oxygens (including phenoxy) is 1. The molecule has 0 radical (unpaired) electrons. The molecule has 5 nitrogen and oxygen atoms in total. The Hall–Kier alpha value is -3.21. The summed E-state index contributed by atoms with van der Waals surface area (Å²) in [6, 6.07) is 17.2. The van der Waals surface area contributed by atoms with Crippen molar-refractivity contribution in [2.24, 2.45) is 0 Å². The van der Waals surface area contributed by atoms with Crippen molar-refractivity contribution in [1.82, 2.24) is 0 Å². The Morgan fingerprint density at radius 3 is 2.26 bits per heavy atom. The molecule has 1 atom stereocenters. The van der Waals surface area contributed by atoms with E-state index >= 15 is 0 Å². The molecular formula is C22H22O5. The van der Waals surface area contributed by atoms with Gasteiger partial charge in [0.2, 0.25) is 0 Å². The molecule has 0 amide bonds. The molecule has 0 aliphatic rings. The number of aryl methyl sites for hydroxylation is 1. The molecule has 0 aromatic heterocycles. The standard InChI is InChI=1S/C22H22O5/c1-15-8-10-17(11-9-15)13-19(18-6-4-3-5-7-18)20(23)14-27-22(26)16(2)12-21(24)25/h3-11,19H,2,12-14H2,1H3,(H,24,25). The number of carboxylic acids is 1. The number of carbonyl (C=O) groups is 3. The maximum atomic E-state index is 12.7. The number of esters is 1. The fourth-order valence-corrected chi connectivity index (χ4v) is 2.66. The van der Waals surface area contributed by atoms with Crippen LogP contribution in [-0.2, 0) is 25.5 Å². The van der Waals surface area contributed by atoms with Gasteiger partial charge >= 0.3 is 11.9 Å². The lowest BCUT2D eigenvalue weighted by atomic mass is 9.88. The highest BCUT2D eigenvalue weighted by molar-refractivity contribution is 5.95. The fourth-order valence-electron chi connectivity index (χ4n) is 2.66. The lowest BCUT2D eigenvalue weighted by Crippen LogP contribution is -2.23. The molecule has 0 heterocycles. The van der Waals surface area contributed by atoms with Crippen molar-refractivity contribution in [1.29, 1.82) is 0 Å². The van der Waals surface area contributed by atoms with Crippen LogP contribution in [0, 0.1) is 6.92 Å². The van der Waals surface area contributed by atoms with Crippen molar-refractivity contribution in [3.63, 3.8) is 0 Å². The van der Waals surface area contributed by atoms with Crippen molar-refractivity contribution in [2.45, 2.75) is 25.7 Å². The molecular weight excluding hydrogens is 344 g/mol. The average molecular weight is 366 g/mol. The topological polar surface area (TPSA) is 80.7 Å². The van der Waals surface area contributed by atoms with Crippen molar-refractivity contribution in [3.8, 4) is 0 Å². The molecule has 0 fully saturated rings. The number of Topliss-reactive ketones (excluding diaryl/α,β-unsaturated/α-hetero) is 1. The molecule has 0 bridgehead atoms. The maximum absolute atomic E-state index is 12.7. The highest BCUT2D eigenvalue weighted by atomic mass is 16.5. The number of carbonyl (C=O) groups excluding carboxylic acids is 2. The van der Waals surface area contributed by atoms with Gasteiger partial charge in [-0.25, -0.2) is 4.79 Å². The lowest BCUT2D eigenvalue weighted by Gasteiger charge is -2.17. The molecule has 140 valence electrons. The zero-order valence-electron chi connectivity index (χ0n) is 15.2. The summed E-state index contributed by atoms with van der Waals surface area (Å²) in [5.74, 6) is -2.76. The van der Waals surface area contributed by atoms with Gasteiger partial charge in [-0.05, 0) is 24.5 Å². The molecule has 0 saturated heterocycles. The van der Waals surface area contributed by atoms with Crippen LogP contribution in [0.25, 0.3) is 0 Å². The minimum atomic E-state index is -1.18. The lowest BCUT2D eigenvalue weighted by molar-refractivity contribution is -0.146. The first-order valence-corrected chi connectivity index (χ1v) is 8.56. The smallest absolute Gasteiger partial charge is 0.334 e. The molecule has 0 saturated carbocycles. The monoisotopic (exact) mass is 366 g/mol. The van der Waals surface area contributed by atoms with Gasteiger partial charge in [0.25, 0.3) is 0 Å². The van der Waals surface area contributed by atoms with E-state index in [1.54, 1.807) is 0 Å². The van der Waals surface area contributed by atoms with E-state index in [1.807, 2.05) is 61.5 Å². The quantitative estimate of drug-likeness (QED) is 0.543. The van der Waals surface area contributed by atoms with Gasteiger partial charge in [0, 0.05) is 5.57 Å². The van der Waals surface area contributed by atoms with Gasteiger partial charge in [0.15, 0.2) is 12.4 Å². The molecule has 27 heavy (non-hydrogen) atoms. The summed E-state index contributed by atoms with van der Waals surface area (Å²) in [5.41, 5.74) is 2.78. The van der Waals surface area contributed by atoms with Gasteiger partial charge in [0.1, 0.15) is 0 Å². The third-order valence-corrected chi connectivity index (χ3v) is 4.15. The van der Waals surface area contributed by atoms with Gasteiger partial charge in [-0.1, -0.05) is 66.7 Å². The summed E-state index contributed by atoms with van der Waals surface area (Å²) >= 11 is 0. The van der Waals surface area contributed by atoms with Crippen LogP contribution in [0.5, 0.6) is 0 Å². The Kier molecular flexibility index (Phi) is 7.06. The third-order valence-electron chi connectivity index (χ3n) is 4.15. The average Bonchev–Trinajstić information content (AvgIpc) is 2.65. The Morgan fingerprint density at radius 2 is 1.67 bits per heavy atom. The summed E-state index contributed by atoms with van der Waals surface area (Å²) in [5, 5.41) is 8.70. The Bertz CT molecular complexity index is 822. The van der Waals surface area contributed by atoms with E-state index in [2.05, 4.69) is 6.58 Å². The van der Waals surface area contributed by atoms with E-state index in [1.165, 1.54) is 0 Å². The SMILES string of the molecule is C=C(CC(=O)O)C(=O)OCC(=O)C(Cc1ccc(C)cc1)c1ccccc1. The molecule has 1 unspecified atom stereocenters. The molecule has 2 rings (SSSR count). The van der Waals surface area contributed by atoms with Crippen LogP contribution in [0.3, 0.4) is 0 Å². The van der Waals surface area contributed by atoms with Crippen molar-refractivity contribution in [3.05, 3.63) is 83.4 Å². The molecule has 2 aromatic carbocycles. The summed E-state index contributed by atoms with van der Waals surface area (Å²) in [6.45, 7) is 4.95. The fraction of sp³-hybridized carbons (Fsp3) is 0.227. The van der Waals surface area contributed by atoms with Crippen molar-refractivity contribution < 1.29 is 24.2 Å². The summed E-state index contributed by atoms with van der Waals surface area (Å²) in [4.78, 5) is 35.2. The van der Waals surface area contributed by atoms with Crippen LogP contribution in [0.15, 0.2) is 66.7 Å². The Balaban J connectivity index is 2.09. The Labute approximate surface area is 158 Å². The van der Waals surface area contributed by atoms with Crippen LogP contribution in [-0.4, -0.2) is 29.4 Å². The summed E-state index contributed by atoms with van der Waals surface area (Å²) in [6.07, 6.45) is -0.0325. The minimum Gasteiger partial charge on any atom is -0.481 e. The van der Waals surface area contributed by atoms with Crippen LogP contribution >= 0.6 is 0 Å². The second kappa shape index (κ2) is 9.48. The number of hydrogen-bond acceptors (Lipinski definition) is 4. The minimum absolute atomic E-state index is 0.190.